The summed E-state index contributed by atoms with van der Waals surface area (Å²) in [6, 6.07) is 7.11. The van der Waals surface area contributed by atoms with Crippen LogP contribution in [-0.4, -0.2) is 24.1 Å². The van der Waals surface area contributed by atoms with E-state index in [4.69, 9.17) is 4.74 Å². The summed E-state index contributed by atoms with van der Waals surface area (Å²) in [5.41, 5.74) is 1.77. The van der Waals surface area contributed by atoms with Gasteiger partial charge in [-0.3, -0.25) is 14.4 Å². The summed E-state index contributed by atoms with van der Waals surface area (Å²) in [6.45, 7) is 4.06. The van der Waals surface area contributed by atoms with Crippen molar-refractivity contribution in [1.29, 1.82) is 0 Å². The molecule has 4 nitrogen and oxygen atoms in total. The number of hydrogen-bond donors (Lipinski definition) is 0. The highest BCUT2D eigenvalue weighted by Crippen LogP contribution is 2.30. The molecule has 0 amide bonds. The van der Waals surface area contributed by atoms with Crippen LogP contribution in [0.2, 0.25) is 0 Å². The highest BCUT2D eigenvalue weighted by atomic mass is 16.5. The Hall–Kier alpha value is -2.23. The number of Topliss-reactive ketones (excluding diaryl/α,β-unsaturated/α-hetero) is 1. The molecule has 0 fully saturated rings. The average molecular weight is 385 g/mol. The number of allylic oxidation sites excluding steroid dienone is 2. The fraction of sp³-hybridized carbons (Fsp3) is 0.542. The number of carbonyl (C=O) groups excluding carboxylic acids is 3. The molecule has 1 atom stereocenters. The molecular formula is C24H32O4. The third-order valence-electron chi connectivity index (χ3n) is 5.42. The zero-order valence-corrected chi connectivity index (χ0v) is 17.2. The van der Waals surface area contributed by atoms with Crippen LogP contribution in [-0.2, 0) is 9.53 Å². The van der Waals surface area contributed by atoms with Crippen LogP contribution in [0.5, 0.6) is 0 Å². The Bertz CT molecular complexity index is 717. The summed E-state index contributed by atoms with van der Waals surface area (Å²) < 4.78 is 4.93. The lowest BCUT2D eigenvalue weighted by Crippen LogP contribution is -2.22. The lowest BCUT2D eigenvalue weighted by molar-refractivity contribution is -0.141. The molecule has 0 heterocycles. The summed E-state index contributed by atoms with van der Waals surface area (Å²) in [6.07, 6.45) is 11.2. The van der Waals surface area contributed by atoms with Crippen LogP contribution < -0.4 is 0 Å². The van der Waals surface area contributed by atoms with Crippen LogP contribution in [0, 0.1) is 5.92 Å². The van der Waals surface area contributed by atoms with Gasteiger partial charge in [-0.15, -0.1) is 0 Å². The fourth-order valence-corrected chi connectivity index (χ4v) is 3.81. The van der Waals surface area contributed by atoms with Crippen molar-refractivity contribution in [3.8, 4) is 0 Å². The zero-order chi connectivity index (χ0) is 20.4. The minimum Gasteiger partial charge on any atom is -0.466 e. The predicted octanol–water partition coefficient (Wildman–Crippen LogP) is 5.70. The van der Waals surface area contributed by atoms with Gasteiger partial charge in [0.05, 0.1) is 6.61 Å². The number of fused-ring (bicyclic) bond motifs is 1. The van der Waals surface area contributed by atoms with Crippen molar-refractivity contribution in [1.82, 2.24) is 0 Å². The third-order valence-corrected chi connectivity index (χ3v) is 5.42. The molecule has 1 unspecified atom stereocenters. The van der Waals surface area contributed by atoms with Gasteiger partial charge in [0.2, 0.25) is 0 Å². The quantitative estimate of drug-likeness (QED) is 0.342. The topological polar surface area (TPSA) is 60.4 Å². The van der Waals surface area contributed by atoms with Crippen LogP contribution >= 0.6 is 0 Å². The maximum Gasteiger partial charge on any atom is 0.302 e. The highest BCUT2D eigenvalue weighted by Gasteiger charge is 2.28. The molecule has 2 rings (SSSR count). The maximum absolute atomic E-state index is 12.8. The molecule has 1 aliphatic carbocycles. The second-order valence-electron chi connectivity index (χ2n) is 7.55. The predicted molar refractivity (Wildman–Crippen MR) is 111 cm³/mol. The summed E-state index contributed by atoms with van der Waals surface area (Å²) in [7, 11) is 0. The van der Waals surface area contributed by atoms with Gasteiger partial charge in [-0.25, -0.2) is 0 Å². The average Bonchev–Trinajstić information content (AvgIpc) is 2.69. The van der Waals surface area contributed by atoms with E-state index in [1.54, 1.807) is 24.3 Å². The van der Waals surface area contributed by atoms with E-state index < -0.39 is 0 Å². The Morgan fingerprint density at radius 2 is 1.54 bits per heavy atom. The Balaban J connectivity index is 1.70. The molecule has 0 saturated heterocycles. The largest absolute Gasteiger partial charge is 0.466 e. The standard InChI is InChI=1S/C24H32O4/c1-3-19(13-9-7-5-4-6-8-12-16-28-18(2)25)22-17-23(26)20-14-10-11-15-21(20)24(22)27/h10-11,14-15,17,19H,3-9,12-13,16H2,1-2H3. The second-order valence-corrected chi connectivity index (χ2v) is 7.55. The lowest BCUT2D eigenvalue weighted by atomic mass is 9.80. The minimum absolute atomic E-state index is 0.0230. The number of hydrogen-bond acceptors (Lipinski definition) is 4. The lowest BCUT2D eigenvalue weighted by Gasteiger charge is -2.22. The molecule has 0 N–H and O–H groups in total. The van der Waals surface area contributed by atoms with E-state index in [1.165, 1.54) is 19.8 Å². The number of esters is 1. The summed E-state index contributed by atoms with van der Waals surface area (Å²) in [4.78, 5) is 35.9. The van der Waals surface area contributed by atoms with E-state index in [0.717, 1.165) is 44.9 Å². The van der Waals surface area contributed by atoms with E-state index >= 15 is 0 Å². The van der Waals surface area contributed by atoms with Crippen LogP contribution in [0.1, 0.15) is 92.4 Å². The second kappa shape index (κ2) is 11.6. The number of unbranched alkanes of at least 4 members (excludes halogenated alkanes) is 6. The molecule has 0 aliphatic heterocycles. The van der Waals surface area contributed by atoms with Gasteiger partial charge in [0.25, 0.3) is 0 Å². The molecule has 0 radical (unpaired) electrons. The molecule has 28 heavy (non-hydrogen) atoms. The van der Waals surface area contributed by atoms with Gasteiger partial charge in [0, 0.05) is 23.6 Å². The molecular weight excluding hydrogens is 352 g/mol. The van der Waals surface area contributed by atoms with E-state index in [2.05, 4.69) is 6.92 Å². The van der Waals surface area contributed by atoms with E-state index in [0.29, 0.717) is 23.3 Å². The van der Waals surface area contributed by atoms with Crippen LogP contribution in [0.15, 0.2) is 35.9 Å². The molecule has 152 valence electrons. The number of ketones is 2. The Morgan fingerprint density at radius 3 is 2.18 bits per heavy atom. The zero-order valence-electron chi connectivity index (χ0n) is 17.2. The monoisotopic (exact) mass is 384 g/mol. The van der Waals surface area contributed by atoms with Gasteiger partial charge in [-0.05, 0) is 31.3 Å². The molecule has 0 aromatic heterocycles. The summed E-state index contributed by atoms with van der Waals surface area (Å²) >= 11 is 0. The molecule has 0 spiro atoms. The first-order valence-corrected chi connectivity index (χ1v) is 10.6. The van der Waals surface area contributed by atoms with Crippen LogP contribution in [0.3, 0.4) is 0 Å². The number of ether oxygens (including phenoxy) is 1. The van der Waals surface area contributed by atoms with Crippen molar-refractivity contribution in [3.63, 3.8) is 0 Å². The van der Waals surface area contributed by atoms with E-state index in [-0.39, 0.29) is 23.5 Å². The molecule has 0 bridgehead atoms. The highest BCUT2D eigenvalue weighted by molar-refractivity contribution is 6.24. The summed E-state index contributed by atoms with van der Waals surface area (Å²) in [5, 5.41) is 0. The van der Waals surface area contributed by atoms with Gasteiger partial charge in [-0.2, -0.15) is 0 Å². The number of rotatable bonds is 12. The number of carbonyl (C=O) groups is 3. The molecule has 0 saturated carbocycles. The molecule has 1 aliphatic rings. The van der Waals surface area contributed by atoms with Crippen molar-refractivity contribution in [3.05, 3.63) is 47.0 Å². The summed E-state index contributed by atoms with van der Waals surface area (Å²) in [5.74, 6) is -0.0667. The van der Waals surface area contributed by atoms with Crippen molar-refractivity contribution in [2.75, 3.05) is 6.61 Å². The first kappa shape index (κ1) is 22.1. The van der Waals surface area contributed by atoms with Gasteiger partial charge in [0.15, 0.2) is 11.6 Å². The maximum atomic E-state index is 12.8. The smallest absolute Gasteiger partial charge is 0.302 e. The Morgan fingerprint density at radius 1 is 0.929 bits per heavy atom. The van der Waals surface area contributed by atoms with E-state index in [1.807, 2.05) is 6.07 Å². The third kappa shape index (κ3) is 6.43. The molecule has 1 aromatic carbocycles. The van der Waals surface area contributed by atoms with Crippen LogP contribution in [0.25, 0.3) is 0 Å². The minimum atomic E-state index is -0.206. The fourth-order valence-electron chi connectivity index (χ4n) is 3.81. The number of benzene rings is 1. The van der Waals surface area contributed by atoms with Crippen molar-refractivity contribution in [2.24, 2.45) is 5.92 Å². The van der Waals surface area contributed by atoms with E-state index in [9.17, 15) is 14.4 Å². The van der Waals surface area contributed by atoms with Crippen molar-refractivity contribution >= 4 is 17.5 Å². The first-order valence-electron chi connectivity index (χ1n) is 10.6. The van der Waals surface area contributed by atoms with Gasteiger partial charge in [-0.1, -0.05) is 69.7 Å². The Kier molecular flexibility index (Phi) is 9.12. The van der Waals surface area contributed by atoms with Gasteiger partial charge >= 0.3 is 5.97 Å². The Labute approximate surface area is 168 Å². The van der Waals surface area contributed by atoms with Crippen LogP contribution in [0.4, 0.5) is 0 Å². The van der Waals surface area contributed by atoms with Crippen molar-refractivity contribution in [2.45, 2.75) is 71.6 Å². The van der Waals surface area contributed by atoms with Gasteiger partial charge < -0.3 is 4.74 Å². The molecule has 1 aromatic rings. The first-order chi connectivity index (χ1) is 13.5. The SMILES string of the molecule is CCC(CCCCCCCCCOC(C)=O)C1=CC(=O)c2ccccc2C1=O. The van der Waals surface area contributed by atoms with Gasteiger partial charge in [0.1, 0.15) is 0 Å². The molecule has 4 heteroatoms. The van der Waals surface area contributed by atoms with Crippen molar-refractivity contribution < 1.29 is 19.1 Å². The normalized spacial score (nSPS) is 14.4.